The first-order valence-corrected chi connectivity index (χ1v) is 8.34. The third kappa shape index (κ3) is 4.99. The molecule has 1 aliphatic heterocycles. The smallest absolute Gasteiger partial charge is 0.169 e. The van der Waals surface area contributed by atoms with E-state index in [0.717, 1.165) is 48.4 Å². The van der Waals surface area contributed by atoms with Gasteiger partial charge in [0.15, 0.2) is 5.11 Å². The van der Waals surface area contributed by atoms with Crippen molar-refractivity contribution in [1.82, 2.24) is 15.1 Å². The second-order valence-corrected chi connectivity index (χ2v) is 6.83. The van der Waals surface area contributed by atoms with Crippen molar-refractivity contribution in [2.45, 2.75) is 26.4 Å². The second kappa shape index (κ2) is 7.63. The van der Waals surface area contributed by atoms with Crippen LogP contribution in [-0.2, 0) is 6.54 Å². The van der Waals surface area contributed by atoms with Crippen molar-refractivity contribution >= 4 is 40.5 Å². The number of benzene rings is 1. The molecule has 0 saturated carbocycles. The maximum Gasteiger partial charge on any atom is 0.169 e. The van der Waals surface area contributed by atoms with Crippen LogP contribution >= 0.6 is 35.4 Å². The minimum absolute atomic E-state index is 0.378. The van der Waals surface area contributed by atoms with Crippen LogP contribution in [0.4, 0.5) is 0 Å². The molecule has 0 atom stereocenters. The van der Waals surface area contributed by atoms with E-state index in [0.29, 0.717) is 11.1 Å². The van der Waals surface area contributed by atoms with Crippen LogP contribution in [0.15, 0.2) is 18.2 Å². The molecule has 0 aromatic heterocycles. The lowest BCUT2D eigenvalue weighted by molar-refractivity contribution is 0.174. The van der Waals surface area contributed by atoms with Gasteiger partial charge in [0.1, 0.15) is 0 Å². The Balaban J connectivity index is 1.85. The molecule has 1 saturated heterocycles. The molecule has 21 heavy (non-hydrogen) atoms. The lowest BCUT2D eigenvalue weighted by Crippen LogP contribution is -2.52. The van der Waals surface area contributed by atoms with E-state index in [9.17, 15) is 0 Å². The van der Waals surface area contributed by atoms with Crippen LogP contribution in [0.3, 0.4) is 0 Å². The molecule has 1 aliphatic rings. The van der Waals surface area contributed by atoms with Crippen molar-refractivity contribution in [3.8, 4) is 0 Å². The summed E-state index contributed by atoms with van der Waals surface area (Å²) in [5.74, 6) is 0. The summed E-state index contributed by atoms with van der Waals surface area (Å²) in [5.41, 5.74) is 1.12. The quantitative estimate of drug-likeness (QED) is 0.846. The van der Waals surface area contributed by atoms with Crippen molar-refractivity contribution in [2.24, 2.45) is 0 Å². The summed E-state index contributed by atoms with van der Waals surface area (Å²) in [6.07, 6.45) is 0. The van der Waals surface area contributed by atoms with Gasteiger partial charge in [0.2, 0.25) is 0 Å². The first kappa shape index (κ1) is 16.8. The van der Waals surface area contributed by atoms with E-state index in [-0.39, 0.29) is 0 Å². The molecule has 1 aromatic carbocycles. The summed E-state index contributed by atoms with van der Waals surface area (Å²) < 4.78 is 0. The van der Waals surface area contributed by atoms with Crippen LogP contribution < -0.4 is 5.32 Å². The van der Waals surface area contributed by atoms with E-state index in [1.807, 2.05) is 12.1 Å². The van der Waals surface area contributed by atoms with Crippen LogP contribution in [0.2, 0.25) is 10.0 Å². The molecular weight excluding hydrogens is 325 g/mol. The second-order valence-electron chi connectivity index (χ2n) is 5.60. The van der Waals surface area contributed by atoms with E-state index >= 15 is 0 Å². The van der Waals surface area contributed by atoms with Gasteiger partial charge in [-0.15, -0.1) is 0 Å². The molecule has 1 heterocycles. The van der Waals surface area contributed by atoms with Gasteiger partial charge in [-0.2, -0.15) is 0 Å². The lowest BCUT2D eigenvalue weighted by atomic mass is 10.2. The number of rotatable bonds is 3. The highest BCUT2D eigenvalue weighted by molar-refractivity contribution is 7.80. The Labute approximate surface area is 142 Å². The molecule has 1 aromatic rings. The highest BCUT2D eigenvalue weighted by Gasteiger charge is 2.19. The summed E-state index contributed by atoms with van der Waals surface area (Å²) in [6.45, 7) is 8.93. The lowest BCUT2D eigenvalue weighted by Gasteiger charge is -2.36. The van der Waals surface area contributed by atoms with Crippen LogP contribution in [0.25, 0.3) is 0 Å². The standard InChI is InChI=1S/C15H21Cl2N3S/c1-11(2)18-15(21)20-7-5-19(6-8-20)10-12-3-4-13(16)9-14(12)17/h3-4,9,11H,5-8,10H2,1-2H3,(H,18,21). The zero-order chi connectivity index (χ0) is 15.4. The van der Waals surface area contributed by atoms with Crippen LogP contribution in [-0.4, -0.2) is 47.1 Å². The molecule has 1 fully saturated rings. The molecule has 0 spiro atoms. The van der Waals surface area contributed by atoms with Gasteiger partial charge in [-0.05, 0) is 43.8 Å². The van der Waals surface area contributed by atoms with Crippen molar-refractivity contribution in [3.63, 3.8) is 0 Å². The first-order valence-electron chi connectivity index (χ1n) is 7.17. The van der Waals surface area contributed by atoms with E-state index in [4.69, 9.17) is 35.4 Å². The maximum atomic E-state index is 6.23. The van der Waals surface area contributed by atoms with Gasteiger partial charge >= 0.3 is 0 Å². The number of piperazine rings is 1. The van der Waals surface area contributed by atoms with Crippen molar-refractivity contribution in [2.75, 3.05) is 26.2 Å². The van der Waals surface area contributed by atoms with Crippen molar-refractivity contribution in [1.29, 1.82) is 0 Å². The minimum Gasteiger partial charge on any atom is -0.360 e. The number of nitrogens with zero attached hydrogens (tertiary/aromatic N) is 2. The average Bonchev–Trinajstić information content (AvgIpc) is 2.42. The van der Waals surface area contributed by atoms with E-state index in [1.54, 1.807) is 6.07 Å². The minimum atomic E-state index is 0.378. The molecule has 6 heteroatoms. The summed E-state index contributed by atoms with van der Waals surface area (Å²) >= 11 is 17.6. The first-order chi connectivity index (χ1) is 9.95. The third-order valence-corrected chi connectivity index (χ3v) is 4.44. The molecule has 116 valence electrons. The summed E-state index contributed by atoms with van der Waals surface area (Å²) in [7, 11) is 0. The van der Waals surface area contributed by atoms with Gasteiger partial charge in [-0.1, -0.05) is 29.3 Å². The maximum absolute atomic E-state index is 6.23. The molecule has 1 N–H and O–H groups in total. The predicted octanol–water partition coefficient (Wildman–Crippen LogP) is 3.39. The number of halogens is 2. The fourth-order valence-corrected chi connectivity index (χ4v) is 3.22. The highest BCUT2D eigenvalue weighted by atomic mass is 35.5. The molecule has 3 nitrogen and oxygen atoms in total. The summed E-state index contributed by atoms with van der Waals surface area (Å²) in [5, 5.41) is 5.57. The topological polar surface area (TPSA) is 18.5 Å². The van der Waals surface area contributed by atoms with Crippen LogP contribution in [0.1, 0.15) is 19.4 Å². The molecular formula is C15H21Cl2N3S. The molecule has 0 radical (unpaired) electrons. The number of nitrogens with one attached hydrogen (secondary N) is 1. The van der Waals surface area contributed by atoms with Gasteiger partial charge in [-0.25, -0.2) is 0 Å². The van der Waals surface area contributed by atoms with Gasteiger partial charge in [0.05, 0.1) is 0 Å². The normalized spacial score (nSPS) is 16.3. The van der Waals surface area contributed by atoms with Crippen LogP contribution in [0, 0.1) is 0 Å². The molecule has 0 aliphatic carbocycles. The van der Waals surface area contributed by atoms with Crippen molar-refractivity contribution in [3.05, 3.63) is 33.8 Å². The molecule has 0 unspecified atom stereocenters. The molecule has 0 bridgehead atoms. The molecule has 2 rings (SSSR count). The highest BCUT2D eigenvalue weighted by Crippen LogP contribution is 2.22. The number of hydrogen-bond donors (Lipinski definition) is 1. The van der Waals surface area contributed by atoms with Crippen LogP contribution in [0.5, 0.6) is 0 Å². The van der Waals surface area contributed by atoms with Gasteiger partial charge in [-0.3, -0.25) is 4.90 Å². The number of thiocarbonyl (C=S) groups is 1. The van der Waals surface area contributed by atoms with E-state index in [2.05, 4.69) is 29.0 Å². The Morgan fingerprint density at radius 3 is 2.48 bits per heavy atom. The van der Waals surface area contributed by atoms with Gasteiger partial charge in [0.25, 0.3) is 0 Å². The Bertz CT molecular complexity index is 500. The zero-order valence-electron chi connectivity index (χ0n) is 12.4. The summed E-state index contributed by atoms with van der Waals surface area (Å²) in [4.78, 5) is 4.62. The fraction of sp³-hybridized carbons (Fsp3) is 0.533. The third-order valence-electron chi connectivity index (χ3n) is 3.48. The predicted molar refractivity (Wildman–Crippen MR) is 94.2 cm³/mol. The Hall–Kier alpha value is -0.550. The molecule has 0 amide bonds. The van der Waals surface area contributed by atoms with E-state index < -0.39 is 0 Å². The summed E-state index contributed by atoms with van der Waals surface area (Å²) in [6, 6.07) is 6.07. The van der Waals surface area contributed by atoms with Crippen molar-refractivity contribution < 1.29 is 0 Å². The fourth-order valence-electron chi connectivity index (χ4n) is 2.34. The Morgan fingerprint density at radius 2 is 1.90 bits per heavy atom. The number of hydrogen-bond acceptors (Lipinski definition) is 2. The Kier molecular flexibility index (Phi) is 6.11. The average molecular weight is 346 g/mol. The largest absolute Gasteiger partial charge is 0.360 e. The SMILES string of the molecule is CC(C)NC(=S)N1CCN(Cc2ccc(Cl)cc2Cl)CC1. The monoisotopic (exact) mass is 345 g/mol. The Morgan fingerprint density at radius 1 is 1.24 bits per heavy atom. The zero-order valence-corrected chi connectivity index (χ0v) is 14.7. The van der Waals surface area contributed by atoms with Gasteiger partial charge < -0.3 is 10.2 Å². The van der Waals surface area contributed by atoms with E-state index in [1.165, 1.54) is 0 Å². The van der Waals surface area contributed by atoms with Gasteiger partial charge in [0, 0.05) is 48.8 Å².